The summed E-state index contributed by atoms with van der Waals surface area (Å²) in [4.78, 5) is 50.1. The van der Waals surface area contributed by atoms with Crippen molar-refractivity contribution in [3.63, 3.8) is 0 Å². The highest BCUT2D eigenvalue weighted by atomic mass is 16.5. The van der Waals surface area contributed by atoms with Crippen LogP contribution in [0.5, 0.6) is 5.75 Å². The first-order valence-corrected chi connectivity index (χ1v) is 20.5. The highest BCUT2D eigenvalue weighted by Gasteiger charge is 2.40. The summed E-state index contributed by atoms with van der Waals surface area (Å²) >= 11 is 0. The standard InChI is InChI=1S/C22H28N4O4.C20H23N5O2/c1-24-19-13-14(25-11-9-16(10-12-25)30-15-3-2-4-15)5-6-17(19)26(22(24)29)18-7-8-20(27)23-21(18)28;1-20(6-7-20)27-14-2-3-16-15(10-14)19(24-23-16)17-11-18(22-12-21-17)25-8-4-13(26)5-9-25/h5-6,13,15-16,18H,2-4,7-12H2,1H3,(H,23,27,28);2-3,10-13,26H,4-9H2,1H3,(H,23,24). The number of anilines is 2. The summed E-state index contributed by atoms with van der Waals surface area (Å²) in [6.45, 7) is 5.61. The molecule has 2 saturated carbocycles. The molecule has 6 heterocycles. The number of nitrogens with zero attached hydrogens (tertiary/aromatic N) is 7. The number of aliphatic hydroxyl groups is 1. The zero-order valence-corrected chi connectivity index (χ0v) is 32.7. The quantitative estimate of drug-likeness (QED) is 0.186. The van der Waals surface area contributed by atoms with Crippen molar-refractivity contribution >= 4 is 45.3 Å². The molecule has 300 valence electrons. The van der Waals surface area contributed by atoms with Gasteiger partial charge in [-0.1, -0.05) is 0 Å². The molecule has 3 aromatic heterocycles. The molecule has 1 atom stereocenters. The first-order chi connectivity index (χ1) is 27.6. The molecule has 2 aliphatic carbocycles. The molecule has 2 amide bonds. The Labute approximate surface area is 330 Å². The van der Waals surface area contributed by atoms with Crippen LogP contribution >= 0.6 is 0 Å². The summed E-state index contributed by atoms with van der Waals surface area (Å²) < 4.78 is 15.4. The topological polar surface area (TPSA) is 173 Å². The van der Waals surface area contributed by atoms with Crippen molar-refractivity contribution in [2.24, 2.45) is 7.05 Å². The van der Waals surface area contributed by atoms with Crippen LogP contribution in [-0.4, -0.2) is 96.3 Å². The molecule has 15 nitrogen and oxygen atoms in total. The van der Waals surface area contributed by atoms with Crippen molar-refractivity contribution in [3.8, 4) is 17.1 Å². The summed E-state index contributed by atoms with van der Waals surface area (Å²) in [5, 5.41) is 20.6. The van der Waals surface area contributed by atoms with E-state index < -0.39 is 11.9 Å². The molecule has 10 rings (SSSR count). The van der Waals surface area contributed by atoms with Crippen LogP contribution in [0, 0.1) is 0 Å². The zero-order valence-electron chi connectivity index (χ0n) is 32.7. The number of aliphatic hydroxyl groups excluding tert-OH is 1. The van der Waals surface area contributed by atoms with Gasteiger partial charge in [0.15, 0.2) is 0 Å². The van der Waals surface area contributed by atoms with Gasteiger partial charge in [0.1, 0.15) is 35.2 Å². The van der Waals surface area contributed by atoms with Gasteiger partial charge in [-0.2, -0.15) is 5.10 Å². The Bertz CT molecular complexity index is 2340. The van der Waals surface area contributed by atoms with E-state index >= 15 is 0 Å². The number of carbonyl (C=O) groups is 2. The van der Waals surface area contributed by atoms with Gasteiger partial charge < -0.3 is 24.4 Å². The number of imide groups is 1. The van der Waals surface area contributed by atoms with Crippen LogP contribution in [0.3, 0.4) is 0 Å². The summed E-state index contributed by atoms with van der Waals surface area (Å²) in [5.74, 6) is 1.06. The Morgan fingerprint density at radius 2 is 1.60 bits per heavy atom. The average molecular weight is 778 g/mol. The fraction of sp³-hybridized carbons (Fsp3) is 0.524. The number of carbonyl (C=O) groups excluding carboxylic acids is 2. The van der Waals surface area contributed by atoms with Crippen LogP contribution in [0.1, 0.15) is 83.6 Å². The predicted octanol–water partition coefficient (Wildman–Crippen LogP) is 4.77. The van der Waals surface area contributed by atoms with Crippen LogP contribution in [-0.2, 0) is 21.4 Å². The zero-order chi connectivity index (χ0) is 39.3. The second-order valence-corrected chi connectivity index (χ2v) is 16.5. The number of benzene rings is 2. The summed E-state index contributed by atoms with van der Waals surface area (Å²) in [6, 6.07) is 13.3. The third-order valence-corrected chi connectivity index (χ3v) is 12.4. The van der Waals surface area contributed by atoms with Gasteiger partial charge >= 0.3 is 5.69 Å². The number of rotatable bonds is 8. The minimum Gasteiger partial charge on any atom is -0.488 e. The van der Waals surface area contributed by atoms with Crippen molar-refractivity contribution in [3.05, 3.63) is 59.3 Å². The lowest BCUT2D eigenvalue weighted by molar-refractivity contribution is -0.135. The van der Waals surface area contributed by atoms with E-state index in [2.05, 4.69) is 42.2 Å². The maximum Gasteiger partial charge on any atom is 0.329 e. The molecule has 5 aliphatic rings. The van der Waals surface area contributed by atoms with Gasteiger partial charge in [-0.3, -0.25) is 29.1 Å². The number of imidazole rings is 1. The number of hydrogen-bond donors (Lipinski definition) is 3. The largest absolute Gasteiger partial charge is 0.488 e. The Morgan fingerprint density at radius 1 is 0.842 bits per heavy atom. The third kappa shape index (κ3) is 7.74. The average Bonchev–Trinajstić information content (AvgIpc) is 3.69. The number of aromatic nitrogens is 6. The normalized spacial score (nSPS) is 21.6. The number of H-pyrrole nitrogens is 1. The highest BCUT2D eigenvalue weighted by molar-refractivity contribution is 6.00. The molecule has 15 heteroatoms. The second kappa shape index (κ2) is 15.2. The van der Waals surface area contributed by atoms with Crippen LogP contribution < -0.4 is 25.5 Å². The Hall–Kier alpha value is -5.28. The van der Waals surface area contributed by atoms with Gasteiger partial charge in [0.05, 0.1) is 40.6 Å². The fourth-order valence-corrected chi connectivity index (χ4v) is 8.37. The van der Waals surface area contributed by atoms with E-state index in [1.807, 2.05) is 42.5 Å². The number of hydrogen-bond acceptors (Lipinski definition) is 11. The molecular formula is C42H51N9O6. The van der Waals surface area contributed by atoms with Crippen LogP contribution in [0.4, 0.5) is 11.5 Å². The number of aryl methyl sites for hydroxylation is 1. The highest BCUT2D eigenvalue weighted by Crippen LogP contribution is 2.41. The molecule has 3 N–H and O–H groups in total. The van der Waals surface area contributed by atoms with E-state index in [0.717, 1.165) is 115 Å². The maximum absolute atomic E-state index is 12.9. The van der Waals surface area contributed by atoms with Gasteiger partial charge in [-0.05, 0) is 108 Å². The Morgan fingerprint density at radius 3 is 2.32 bits per heavy atom. The van der Waals surface area contributed by atoms with E-state index in [9.17, 15) is 19.5 Å². The van der Waals surface area contributed by atoms with Gasteiger partial charge in [-0.25, -0.2) is 14.8 Å². The number of fused-ring (bicyclic) bond motifs is 2. The van der Waals surface area contributed by atoms with E-state index in [4.69, 9.17) is 9.47 Å². The third-order valence-electron chi connectivity index (χ3n) is 12.4. The molecule has 5 fully saturated rings. The van der Waals surface area contributed by atoms with Crippen LogP contribution in [0.25, 0.3) is 33.3 Å². The number of piperidine rings is 3. The van der Waals surface area contributed by atoms with Crippen molar-refractivity contribution in [2.45, 2.75) is 108 Å². The first-order valence-electron chi connectivity index (χ1n) is 20.5. The first kappa shape index (κ1) is 37.3. The van der Waals surface area contributed by atoms with Crippen LogP contribution in [0.15, 0.2) is 53.6 Å². The summed E-state index contributed by atoms with van der Waals surface area (Å²) in [7, 11) is 1.73. The second-order valence-electron chi connectivity index (χ2n) is 16.5. The van der Waals surface area contributed by atoms with Gasteiger partial charge in [0.2, 0.25) is 11.8 Å². The Balaban J connectivity index is 0.000000149. The Kier molecular flexibility index (Phi) is 9.97. The van der Waals surface area contributed by atoms with Gasteiger partial charge in [0, 0.05) is 56.8 Å². The van der Waals surface area contributed by atoms with Crippen molar-refractivity contribution in [1.82, 2.24) is 34.6 Å². The van der Waals surface area contributed by atoms with Crippen molar-refractivity contribution < 1.29 is 24.2 Å². The van der Waals surface area contributed by atoms with Crippen LogP contribution in [0.2, 0.25) is 0 Å². The molecule has 0 spiro atoms. The predicted molar refractivity (Wildman–Crippen MR) is 215 cm³/mol. The van der Waals surface area contributed by atoms with Crippen molar-refractivity contribution in [1.29, 1.82) is 0 Å². The molecule has 0 radical (unpaired) electrons. The van der Waals surface area contributed by atoms with Crippen molar-refractivity contribution in [2.75, 3.05) is 36.0 Å². The number of amides is 2. The lowest BCUT2D eigenvalue weighted by Gasteiger charge is -2.37. The smallest absolute Gasteiger partial charge is 0.329 e. The molecule has 5 aromatic rings. The minimum absolute atomic E-state index is 0.0154. The number of ether oxygens (including phenoxy) is 2. The molecule has 1 unspecified atom stereocenters. The minimum atomic E-state index is -0.649. The number of aromatic amines is 1. The van der Waals surface area contributed by atoms with E-state index in [1.54, 1.807) is 17.9 Å². The summed E-state index contributed by atoms with van der Waals surface area (Å²) in [5.41, 5.74) is 4.91. The van der Waals surface area contributed by atoms with Gasteiger partial charge in [0.25, 0.3) is 0 Å². The summed E-state index contributed by atoms with van der Waals surface area (Å²) in [6.07, 6.45) is 12.3. The number of nitrogens with one attached hydrogen (secondary N) is 2. The van der Waals surface area contributed by atoms with E-state index in [-0.39, 0.29) is 29.7 Å². The lowest BCUT2D eigenvalue weighted by atomic mass is 9.95. The molecule has 2 aromatic carbocycles. The molecule has 57 heavy (non-hydrogen) atoms. The SMILES string of the molecule is CC1(Oc2ccc3[nH]nc(-c4cc(N5CCC(O)CC5)ncn4)c3c2)CC1.Cn1c(=O)n(C2CCC(=O)NC2=O)c2ccc(N3CCC(OC4CCC4)CC3)cc21. The molecule has 0 bridgehead atoms. The van der Waals surface area contributed by atoms with Gasteiger partial charge in [-0.15, -0.1) is 0 Å². The molecule has 3 aliphatic heterocycles. The molecular weight excluding hydrogens is 727 g/mol. The fourth-order valence-electron chi connectivity index (χ4n) is 8.37. The van der Waals surface area contributed by atoms with E-state index in [0.29, 0.717) is 18.6 Å². The monoisotopic (exact) mass is 777 g/mol. The molecule has 3 saturated heterocycles. The maximum atomic E-state index is 12.9. The van der Waals surface area contributed by atoms with E-state index in [1.165, 1.54) is 23.8 Å². The lowest BCUT2D eigenvalue weighted by Crippen LogP contribution is -2.44.